The van der Waals surface area contributed by atoms with Crippen molar-refractivity contribution in [2.24, 2.45) is 0 Å². The first-order valence-corrected chi connectivity index (χ1v) is 6.36. The van der Waals surface area contributed by atoms with Gasteiger partial charge in [0.15, 0.2) is 0 Å². The Morgan fingerprint density at radius 3 is 2.38 bits per heavy atom. The maximum Gasteiger partial charge on any atom is 0.0481 e. The molecule has 90 valence electrons. The molecule has 0 saturated carbocycles. The summed E-state index contributed by atoms with van der Waals surface area (Å²) in [6.07, 6.45) is 1.02. The van der Waals surface area contributed by atoms with Gasteiger partial charge in [0.2, 0.25) is 0 Å². The van der Waals surface area contributed by atoms with Crippen molar-refractivity contribution in [2.75, 3.05) is 19.0 Å². The number of nitrogens with one attached hydrogen (secondary N) is 1. The van der Waals surface area contributed by atoms with E-state index in [1.807, 2.05) is 0 Å². The molecule has 0 radical (unpaired) electrons. The number of ether oxygens (including phenoxy) is 1. The molecule has 2 nitrogen and oxygen atoms in total. The Morgan fingerprint density at radius 2 is 1.88 bits per heavy atom. The number of halogens is 1. The summed E-state index contributed by atoms with van der Waals surface area (Å²) in [6, 6.07) is 4.70. The van der Waals surface area contributed by atoms with Crippen molar-refractivity contribution in [3.63, 3.8) is 0 Å². The quantitative estimate of drug-likeness (QED) is 0.886. The fourth-order valence-corrected chi connectivity index (χ4v) is 2.44. The van der Waals surface area contributed by atoms with Crippen LogP contribution in [0.3, 0.4) is 0 Å². The van der Waals surface area contributed by atoms with Crippen LogP contribution < -0.4 is 5.32 Å². The van der Waals surface area contributed by atoms with Crippen molar-refractivity contribution in [1.82, 2.24) is 0 Å². The van der Waals surface area contributed by atoms with Gasteiger partial charge in [0, 0.05) is 29.9 Å². The number of aryl methyl sites for hydroxylation is 2. The highest BCUT2D eigenvalue weighted by Gasteiger charge is 2.07. The van der Waals surface area contributed by atoms with Gasteiger partial charge in [-0.05, 0) is 50.5 Å². The van der Waals surface area contributed by atoms with Crippen LogP contribution in [0.25, 0.3) is 0 Å². The first-order valence-electron chi connectivity index (χ1n) is 5.56. The summed E-state index contributed by atoms with van der Waals surface area (Å²) in [5.41, 5.74) is 3.79. The molecule has 1 atom stereocenters. The van der Waals surface area contributed by atoms with Crippen LogP contribution in [0, 0.1) is 13.8 Å². The van der Waals surface area contributed by atoms with Gasteiger partial charge in [-0.15, -0.1) is 0 Å². The average Bonchev–Trinajstić information content (AvgIpc) is 2.20. The van der Waals surface area contributed by atoms with Crippen LogP contribution in [0.15, 0.2) is 16.6 Å². The van der Waals surface area contributed by atoms with Gasteiger partial charge in [-0.2, -0.15) is 0 Å². The van der Waals surface area contributed by atoms with E-state index >= 15 is 0 Å². The molecule has 3 heteroatoms. The first kappa shape index (κ1) is 13.5. The second-order valence-corrected chi connectivity index (χ2v) is 5.16. The van der Waals surface area contributed by atoms with E-state index in [4.69, 9.17) is 4.74 Å². The third-order valence-corrected chi connectivity index (χ3v) is 3.10. The Kier molecular flexibility index (Phi) is 5.29. The number of hydrogen-bond acceptors (Lipinski definition) is 2. The van der Waals surface area contributed by atoms with E-state index in [1.54, 1.807) is 7.11 Å². The molecule has 0 aliphatic heterocycles. The summed E-state index contributed by atoms with van der Waals surface area (Å²) in [5.74, 6) is 0. The average molecular weight is 286 g/mol. The zero-order valence-corrected chi connectivity index (χ0v) is 12.0. The van der Waals surface area contributed by atoms with Gasteiger partial charge >= 0.3 is 0 Å². The molecule has 1 unspecified atom stereocenters. The summed E-state index contributed by atoms with van der Waals surface area (Å²) >= 11 is 3.51. The van der Waals surface area contributed by atoms with Crippen molar-refractivity contribution < 1.29 is 4.74 Å². The van der Waals surface area contributed by atoms with Crippen molar-refractivity contribution in [3.8, 4) is 0 Å². The van der Waals surface area contributed by atoms with E-state index in [2.05, 4.69) is 54.2 Å². The van der Waals surface area contributed by atoms with Crippen LogP contribution in [0.4, 0.5) is 5.69 Å². The Hall–Kier alpha value is -0.540. The number of rotatable bonds is 5. The van der Waals surface area contributed by atoms with Gasteiger partial charge in [-0.3, -0.25) is 0 Å². The van der Waals surface area contributed by atoms with Crippen molar-refractivity contribution in [1.29, 1.82) is 0 Å². The summed E-state index contributed by atoms with van der Waals surface area (Å²) in [6.45, 7) is 7.23. The number of benzene rings is 1. The molecule has 0 spiro atoms. The molecule has 1 aromatic carbocycles. The highest BCUT2D eigenvalue weighted by Crippen LogP contribution is 2.25. The minimum absolute atomic E-state index is 0.429. The highest BCUT2D eigenvalue weighted by molar-refractivity contribution is 9.10. The van der Waals surface area contributed by atoms with E-state index in [0.717, 1.165) is 17.5 Å². The molecule has 0 aliphatic carbocycles. The topological polar surface area (TPSA) is 21.3 Å². The monoisotopic (exact) mass is 285 g/mol. The van der Waals surface area contributed by atoms with Crippen molar-refractivity contribution in [2.45, 2.75) is 33.2 Å². The van der Waals surface area contributed by atoms with E-state index in [9.17, 15) is 0 Å². The lowest BCUT2D eigenvalue weighted by Gasteiger charge is -2.19. The SMILES string of the molecule is COCCC(C)Nc1c(C)cc(Br)cc1C. The molecule has 0 bridgehead atoms. The molecule has 0 amide bonds. The Morgan fingerprint density at radius 1 is 1.31 bits per heavy atom. The molecule has 0 heterocycles. The lowest BCUT2D eigenvalue weighted by atomic mass is 10.1. The van der Waals surface area contributed by atoms with E-state index in [-0.39, 0.29) is 0 Å². The third-order valence-electron chi connectivity index (χ3n) is 2.64. The molecule has 1 rings (SSSR count). The van der Waals surface area contributed by atoms with Crippen molar-refractivity contribution in [3.05, 3.63) is 27.7 Å². The van der Waals surface area contributed by atoms with Crippen LogP contribution in [0.2, 0.25) is 0 Å². The molecule has 0 saturated heterocycles. The molecule has 0 aromatic heterocycles. The fourth-order valence-electron chi connectivity index (χ4n) is 1.75. The normalized spacial score (nSPS) is 12.6. The Bertz CT molecular complexity index is 329. The van der Waals surface area contributed by atoms with Gasteiger partial charge in [-0.1, -0.05) is 15.9 Å². The van der Waals surface area contributed by atoms with E-state index in [0.29, 0.717) is 6.04 Å². The second kappa shape index (κ2) is 6.26. The number of hydrogen-bond donors (Lipinski definition) is 1. The van der Waals surface area contributed by atoms with Gasteiger partial charge in [0.05, 0.1) is 0 Å². The molecule has 1 N–H and O–H groups in total. The minimum Gasteiger partial charge on any atom is -0.385 e. The lowest BCUT2D eigenvalue weighted by Crippen LogP contribution is -2.18. The predicted octanol–water partition coefficient (Wildman–Crippen LogP) is 3.90. The zero-order chi connectivity index (χ0) is 12.1. The van der Waals surface area contributed by atoms with Crippen molar-refractivity contribution >= 4 is 21.6 Å². The minimum atomic E-state index is 0.429. The summed E-state index contributed by atoms with van der Waals surface area (Å²) in [7, 11) is 1.74. The Labute approximate surface area is 107 Å². The second-order valence-electron chi connectivity index (χ2n) is 4.24. The largest absolute Gasteiger partial charge is 0.385 e. The maximum atomic E-state index is 5.08. The smallest absolute Gasteiger partial charge is 0.0481 e. The molecule has 16 heavy (non-hydrogen) atoms. The standard InChI is InChI=1S/C13H20BrNO/c1-9-7-12(14)8-10(2)13(9)15-11(3)5-6-16-4/h7-8,11,15H,5-6H2,1-4H3. The molecular formula is C13H20BrNO. The summed E-state index contributed by atoms with van der Waals surface area (Å²) in [5, 5.41) is 3.54. The maximum absolute atomic E-state index is 5.08. The van der Waals surface area contributed by atoms with Crippen LogP contribution in [-0.4, -0.2) is 19.8 Å². The van der Waals surface area contributed by atoms with E-state index < -0.39 is 0 Å². The fraction of sp³-hybridized carbons (Fsp3) is 0.538. The van der Waals surface area contributed by atoms with Crippen LogP contribution in [0.1, 0.15) is 24.5 Å². The summed E-state index contributed by atoms with van der Waals surface area (Å²) in [4.78, 5) is 0. The first-order chi connectivity index (χ1) is 7.54. The lowest BCUT2D eigenvalue weighted by molar-refractivity contribution is 0.191. The predicted molar refractivity (Wildman–Crippen MR) is 73.2 cm³/mol. The zero-order valence-electron chi connectivity index (χ0n) is 10.4. The molecular weight excluding hydrogens is 266 g/mol. The van der Waals surface area contributed by atoms with Crippen LogP contribution in [-0.2, 0) is 4.74 Å². The third kappa shape index (κ3) is 3.80. The van der Waals surface area contributed by atoms with Gasteiger partial charge in [0.25, 0.3) is 0 Å². The van der Waals surface area contributed by atoms with Crippen LogP contribution in [0.5, 0.6) is 0 Å². The van der Waals surface area contributed by atoms with Gasteiger partial charge < -0.3 is 10.1 Å². The van der Waals surface area contributed by atoms with Gasteiger partial charge in [0.1, 0.15) is 0 Å². The Balaban J connectivity index is 2.73. The molecule has 0 aliphatic rings. The van der Waals surface area contributed by atoms with Gasteiger partial charge in [-0.25, -0.2) is 0 Å². The van der Waals surface area contributed by atoms with E-state index in [1.165, 1.54) is 16.8 Å². The highest BCUT2D eigenvalue weighted by atomic mass is 79.9. The number of methoxy groups -OCH3 is 1. The van der Waals surface area contributed by atoms with Crippen LogP contribution >= 0.6 is 15.9 Å². The molecule has 1 aromatic rings. The summed E-state index contributed by atoms with van der Waals surface area (Å²) < 4.78 is 6.22. The number of anilines is 1. The molecule has 0 fully saturated rings.